The molecular weight excluding hydrogens is 352 g/mol. The summed E-state index contributed by atoms with van der Waals surface area (Å²) in [6, 6.07) is 20.9. The Balaban J connectivity index is 2.49. The molecule has 0 bridgehead atoms. The van der Waals surface area contributed by atoms with Crippen molar-refractivity contribution in [2.75, 3.05) is 13.2 Å². The van der Waals surface area contributed by atoms with Crippen molar-refractivity contribution in [3.05, 3.63) is 72.0 Å². The summed E-state index contributed by atoms with van der Waals surface area (Å²) in [6.45, 7) is 6.69. The van der Waals surface area contributed by atoms with E-state index in [1.807, 2.05) is 12.1 Å². The van der Waals surface area contributed by atoms with Gasteiger partial charge in [0.1, 0.15) is 0 Å². The molecular formula is C23H32O3Si. The summed E-state index contributed by atoms with van der Waals surface area (Å²) < 4.78 is 6.82. The highest BCUT2D eigenvalue weighted by atomic mass is 28.3. The van der Waals surface area contributed by atoms with Crippen LogP contribution in [0.25, 0.3) is 0 Å². The first-order valence-electron chi connectivity index (χ1n) is 9.68. The van der Waals surface area contributed by atoms with Gasteiger partial charge in [-0.2, -0.15) is 0 Å². The maximum absolute atomic E-state index is 9.58. The first kappa shape index (κ1) is 21.4. The molecule has 2 aromatic rings. The quantitative estimate of drug-likeness (QED) is 0.516. The van der Waals surface area contributed by atoms with E-state index in [-0.39, 0.29) is 18.6 Å². The second kappa shape index (κ2) is 10.5. The molecule has 0 heterocycles. The van der Waals surface area contributed by atoms with E-state index in [9.17, 15) is 10.2 Å². The second-order valence-electron chi connectivity index (χ2n) is 7.80. The van der Waals surface area contributed by atoms with E-state index in [1.54, 1.807) is 0 Å². The van der Waals surface area contributed by atoms with Gasteiger partial charge in [-0.15, -0.1) is 0 Å². The summed E-state index contributed by atoms with van der Waals surface area (Å²) in [5.74, 6) is 0.967. The molecule has 2 N–H and O–H groups in total. The standard InChI is InChI=1S/C23H32O3Si/c1-23(2,3)22(19(16-18-25)11-10-17-24)26-27(20-12-6-4-7-13-20)21-14-8-5-9-15-21/h4-9,12-15,24-25,27H,10-11,16-18H2,1-3H3/b22-19-. The van der Waals surface area contributed by atoms with Crippen LogP contribution in [0, 0.1) is 5.41 Å². The Morgan fingerprint density at radius 2 is 1.33 bits per heavy atom. The predicted octanol–water partition coefficient (Wildman–Crippen LogP) is 3.00. The monoisotopic (exact) mass is 384 g/mol. The third-order valence-corrected chi connectivity index (χ3v) is 6.95. The van der Waals surface area contributed by atoms with Crippen molar-refractivity contribution in [1.82, 2.24) is 0 Å². The highest BCUT2D eigenvalue weighted by Crippen LogP contribution is 2.32. The number of rotatable bonds is 9. The Kier molecular flexibility index (Phi) is 8.29. The fourth-order valence-electron chi connectivity index (χ4n) is 3.27. The Hall–Kier alpha value is -1.88. The minimum Gasteiger partial charge on any atom is -0.540 e. The van der Waals surface area contributed by atoms with Gasteiger partial charge in [0.05, 0.1) is 5.76 Å². The lowest BCUT2D eigenvalue weighted by molar-refractivity contribution is 0.261. The average molecular weight is 385 g/mol. The summed E-state index contributed by atoms with van der Waals surface area (Å²) in [6.07, 6.45) is 2.01. The van der Waals surface area contributed by atoms with Crippen LogP contribution >= 0.6 is 0 Å². The molecule has 2 rings (SSSR count). The van der Waals surface area contributed by atoms with Crippen LogP contribution in [-0.2, 0) is 4.43 Å². The van der Waals surface area contributed by atoms with Gasteiger partial charge in [0, 0.05) is 18.6 Å². The smallest absolute Gasteiger partial charge is 0.298 e. The Bertz CT molecular complexity index is 666. The van der Waals surface area contributed by atoms with Crippen molar-refractivity contribution in [2.24, 2.45) is 5.41 Å². The zero-order chi connectivity index (χ0) is 19.7. The average Bonchev–Trinajstić information content (AvgIpc) is 2.67. The van der Waals surface area contributed by atoms with Gasteiger partial charge < -0.3 is 14.6 Å². The highest BCUT2D eigenvalue weighted by molar-refractivity contribution is 6.80. The lowest BCUT2D eigenvalue weighted by Crippen LogP contribution is -2.46. The fourth-order valence-corrected chi connectivity index (χ4v) is 5.83. The number of allylic oxidation sites excluding steroid dienone is 1. The Labute approximate surface area is 165 Å². The van der Waals surface area contributed by atoms with Crippen LogP contribution in [0.5, 0.6) is 0 Å². The number of hydrogen-bond acceptors (Lipinski definition) is 3. The largest absolute Gasteiger partial charge is 0.540 e. The highest BCUT2D eigenvalue weighted by Gasteiger charge is 2.28. The number of benzene rings is 2. The molecule has 27 heavy (non-hydrogen) atoms. The summed E-state index contributed by atoms with van der Waals surface area (Å²) in [5, 5.41) is 21.3. The molecule has 0 aliphatic heterocycles. The Morgan fingerprint density at radius 3 is 1.74 bits per heavy atom. The predicted molar refractivity (Wildman–Crippen MR) is 115 cm³/mol. The summed E-state index contributed by atoms with van der Waals surface area (Å²) in [7, 11) is -1.93. The van der Waals surface area contributed by atoms with E-state index in [2.05, 4.69) is 69.3 Å². The van der Waals surface area contributed by atoms with Crippen molar-refractivity contribution in [2.45, 2.75) is 40.0 Å². The SMILES string of the molecule is CC(C)(C)/C(O[SiH](c1ccccc1)c1ccccc1)=C(/CCO)CCCO. The molecule has 2 aromatic carbocycles. The van der Waals surface area contributed by atoms with Crippen molar-refractivity contribution in [3.63, 3.8) is 0 Å². The second-order valence-corrected chi connectivity index (χ2v) is 10.1. The minimum absolute atomic E-state index is 0.0899. The lowest BCUT2D eigenvalue weighted by Gasteiger charge is -2.31. The molecule has 146 valence electrons. The molecule has 0 aliphatic carbocycles. The molecule has 0 atom stereocenters. The summed E-state index contributed by atoms with van der Waals surface area (Å²) in [4.78, 5) is 0. The summed E-state index contributed by atoms with van der Waals surface area (Å²) >= 11 is 0. The molecule has 4 heteroatoms. The molecule has 0 aliphatic rings. The Morgan fingerprint density at radius 1 is 0.815 bits per heavy atom. The van der Waals surface area contributed by atoms with Crippen LogP contribution in [0.15, 0.2) is 72.0 Å². The van der Waals surface area contributed by atoms with Gasteiger partial charge in [0.15, 0.2) is 0 Å². The molecule has 0 amide bonds. The van der Waals surface area contributed by atoms with Gasteiger partial charge in [-0.05, 0) is 35.2 Å². The van der Waals surface area contributed by atoms with Crippen molar-refractivity contribution >= 4 is 19.4 Å². The molecule has 0 fully saturated rings. The van der Waals surface area contributed by atoms with Crippen LogP contribution < -0.4 is 10.4 Å². The minimum atomic E-state index is -1.93. The normalized spacial score (nSPS) is 12.8. The van der Waals surface area contributed by atoms with Crippen molar-refractivity contribution in [1.29, 1.82) is 0 Å². The van der Waals surface area contributed by atoms with Crippen LogP contribution in [0.2, 0.25) is 0 Å². The van der Waals surface area contributed by atoms with E-state index in [0.29, 0.717) is 12.8 Å². The van der Waals surface area contributed by atoms with Crippen LogP contribution in [0.3, 0.4) is 0 Å². The first-order valence-corrected chi connectivity index (χ1v) is 11.3. The van der Waals surface area contributed by atoms with Crippen molar-refractivity contribution in [3.8, 4) is 0 Å². The number of aliphatic hydroxyl groups is 2. The lowest BCUT2D eigenvalue weighted by atomic mass is 9.88. The topological polar surface area (TPSA) is 49.7 Å². The van der Waals surface area contributed by atoms with Gasteiger partial charge in [0.25, 0.3) is 9.04 Å². The molecule has 0 aromatic heterocycles. The zero-order valence-electron chi connectivity index (χ0n) is 16.7. The summed E-state index contributed by atoms with van der Waals surface area (Å²) in [5.41, 5.74) is 0.942. The maximum atomic E-state index is 9.58. The molecule has 0 saturated heterocycles. The van der Waals surface area contributed by atoms with Gasteiger partial charge in [-0.25, -0.2) is 0 Å². The van der Waals surface area contributed by atoms with Crippen LogP contribution in [0.4, 0.5) is 0 Å². The molecule has 0 radical (unpaired) electrons. The van der Waals surface area contributed by atoms with Crippen LogP contribution in [-0.4, -0.2) is 32.5 Å². The van der Waals surface area contributed by atoms with Crippen LogP contribution in [0.1, 0.15) is 40.0 Å². The zero-order valence-corrected chi connectivity index (χ0v) is 17.8. The van der Waals surface area contributed by atoms with Gasteiger partial charge in [0.2, 0.25) is 0 Å². The fraction of sp³-hybridized carbons (Fsp3) is 0.391. The van der Waals surface area contributed by atoms with E-state index in [1.165, 1.54) is 10.4 Å². The number of aliphatic hydroxyl groups excluding tert-OH is 2. The molecule has 0 saturated carbocycles. The molecule has 3 nitrogen and oxygen atoms in total. The van der Waals surface area contributed by atoms with E-state index in [0.717, 1.165) is 17.8 Å². The third kappa shape index (κ3) is 6.35. The van der Waals surface area contributed by atoms with E-state index >= 15 is 0 Å². The first-order chi connectivity index (χ1) is 13.0. The van der Waals surface area contributed by atoms with Crippen molar-refractivity contribution < 1.29 is 14.6 Å². The molecule has 0 unspecified atom stereocenters. The van der Waals surface area contributed by atoms with Gasteiger partial charge in [-0.1, -0.05) is 81.4 Å². The van der Waals surface area contributed by atoms with Gasteiger partial charge >= 0.3 is 0 Å². The van der Waals surface area contributed by atoms with Gasteiger partial charge in [-0.3, -0.25) is 0 Å². The third-order valence-electron chi connectivity index (χ3n) is 4.49. The number of hydrogen-bond donors (Lipinski definition) is 2. The maximum Gasteiger partial charge on any atom is 0.298 e. The van der Waals surface area contributed by atoms with E-state index < -0.39 is 9.04 Å². The molecule has 0 spiro atoms. The van der Waals surface area contributed by atoms with E-state index in [4.69, 9.17) is 4.43 Å².